The van der Waals surface area contributed by atoms with Gasteiger partial charge in [0.15, 0.2) is 0 Å². The van der Waals surface area contributed by atoms with Crippen LogP contribution in [0, 0.1) is 0 Å². The Morgan fingerprint density at radius 3 is 2.00 bits per heavy atom. The summed E-state index contributed by atoms with van der Waals surface area (Å²) in [5, 5.41) is 5.25. The number of allylic oxidation sites excluding steroid dienone is 1. The first-order chi connectivity index (χ1) is 4.26. The monoisotopic (exact) mass is 128 g/mol. The summed E-state index contributed by atoms with van der Waals surface area (Å²) in [7, 11) is 3.31. The van der Waals surface area contributed by atoms with Crippen LogP contribution >= 0.6 is 0 Å². The molecule has 0 spiro atoms. The molecule has 0 unspecified atom stereocenters. The summed E-state index contributed by atoms with van der Waals surface area (Å²) in [6, 6.07) is 0. The van der Waals surface area contributed by atoms with Gasteiger partial charge < -0.3 is 10.6 Å². The van der Waals surface area contributed by atoms with Gasteiger partial charge in [-0.1, -0.05) is 6.08 Å². The molecule has 0 aliphatic carbocycles. The molecule has 9 heavy (non-hydrogen) atoms. The van der Waals surface area contributed by atoms with E-state index in [4.69, 9.17) is 0 Å². The molecule has 3 nitrogen and oxygen atoms in total. The highest BCUT2D eigenvalue weighted by atomic mass is 16.1. The van der Waals surface area contributed by atoms with E-state index in [-0.39, 0.29) is 5.91 Å². The third kappa shape index (κ3) is 2.17. The zero-order valence-corrected chi connectivity index (χ0v) is 5.99. The Kier molecular flexibility index (Phi) is 3.51. The van der Waals surface area contributed by atoms with E-state index in [0.29, 0.717) is 5.70 Å². The van der Waals surface area contributed by atoms with Crippen LogP contribution in [0.5, 0.6) is 0 Å². The van der Waals surface area contributed by atoms with E-state index in [0.717, 1.165) is 0 Å². The van der Waals surface area contributed by atoms with Crippen LogP contribution in [0.25, 0.3) is 0 Å². The average Bonchev–Trinajstić information content (AvgIpc) is 1.90. The highest BCUT2D eigenvalue weighted by molar-refractivity contribution is 5.92. The smallest absolute Gasteiger partial charge is 0.266 e. The van der Waals surface area contributed by atoms with Gasteiger partial charge in [0.2, 0.25) is 0 Å². The van der Waals surface area contributed by atoms with Crippen LogP contribution in [0.15, 0.2) is 11.8 Å². The van der Waals surface area contributed by atoms with Crippen LogP contribution in [0.1, 0.15) is 6.92 Å². The van der Waals surface area contributed by atoms with Gasteiger partial charge in [0.1, 0.15) is 0 Å². The quantitative estimate of drug-likeness (QED) is 0.508. The van der Waals surface area contributed by atoms with Crippen molar-refractivity contribution in [3.05, 3.63) is 11.8 Å². The predicted molar refractivity (Wildman–Crippen MR) is 36.9 cm³/mol. The molecule has 3 heteroatoms. The van der Waals surface area contributed by atoms with Gasteiger partial charge in [-0.2, -0.15) is 0 Å². The zero-order valence-electron chi connectivity index (χ0n) is 5.99. The van der Waals surface area contributed by atoms with Crippen molar-refractivity contribution in [2.45, 2.75) is 6.92 Å². The van der Waals surface area contributed by atoms with Crippen molar-refractivity contribution in [2.24, 2.45) is 0 Å². The van der Waals surface area contributed by atoms with E-state index in [1.54, 1.807) is 27.1 Å². The molecule has 0 aromatic heterocycles. The molecule has 0 aromatic carbocycles. The second-order valence-corrected chi connectivity index (χ2v) is 1.53. The van der Waals surface area contributed by atoms with Gasteiger partial charge in [0.25, 0.3) is 5.91 Å². The van der Waals surface area contributed by atoms with Crippen molar-refractivity contribution in [3.8, 4) is 0 Å². The summed E-state index contributed by atoms with van der Waals surface area (Å²) >= 11 is 0. The van der Waals surface area contributed by atoms with E-state index in [9.17, 15) is 4.79 Å². The van der Waals surface area contributed by atoms with Crippen LogP contribution in [-0.4, -0.2) is 20.0 Å². The molecule has 0 saturated heterocycles. The molecule has 0 bridgehead atoms. The Morgan fingerprint density at radius 1 is 1.33 bits per heavy atom. The number of nitrogens with one attached hydrogen (secondary N) is 2. The number of carbonyl (C=O) groups is 1. The van der Waals surface area contributed by atoms with Crippen LogP contribution in [0.3, 0.4) is 0 Å². The minimum Gasteiger partial charge on any atom is -0.384 e. The van der Waals surface area contributed by atoms with E-state index < -0.39 is 0 Å². The van der Waals surface area contributed by atoms with Crippen molar-refractivity contribution in [3.63, 3.8) is 0 Å². The van der Waals surface area contributed by atoms with E-state index in [1.165, 1.54) is 0 Å². The maximum absolute atomic E-state index is 10.7. The fourth-order valence-corrected chi connectivity index (χ4v) is 0.524. The Hall–Kier alpha value is -0.990. The Balaban J connectivity index is 3.97. The number of likely N-dealkylation sites (N-methyl/N-ethyl adjacent to an activating group) is 2. The first-order valence-corrected chi connectivity index (χ1v) is 2.82. The maximum atomic E-state index is 10.7. The number of rotatable bonds is 2. The van der Waals surface area contributed by atoms with Gasteiger partial charge in [-0.05, 0) is 6.92 Å². The number of amides is 1. The molecule has 0 fully saturated rings. The molecule has 0 atom stereocenters. The molecule has 0 aromatic rings. The summed E-state index contributed by atoms with van der Waals surface area (Å²) in [4.78, 5) is 10.7. The third-order valence-electron chi connectivity index (χ3n) is 1.03. The normalized spacial score (nSPS) is 10.8. The molecule has 0 rings (SSSR count). The van der Waals surface area contributed by atoms with Crippen molar-refractivity contribution < 1.29 is 4.79 Å². The van der Waals surface area contributed by atoms with Gasteiger partial charge in [0.05, 0.1) is 5.70 Å². The third-order valence-corrected chi connectivity index (χ3v) is 1.03. The lowest BCUT2D eigenvalue weighted by molar-refractivity contribution is -0.117. The Morgan fingerprint density at radius 2 is 1.89 bits per heavy atom. The van der Waals surface area contributed by atoms with Crippen LogP contribution < -0.4 is 10.6 Å². The van der Waals surface area contributed by atoms with Crippen LogP contribution in [0.2, 0.25) is 0 Å². The highest BCUT2D eigenvalue weighted by Crippen LogP contribution is 1.84. The summed E-state index contributed by atoms with van der Waals surface area (Å²) < 4.78 is 0. The zero-order chi connectivity index (χ0) is 7.28. The maximum Gasteiger partial charge on any atom is 0.266 e. The standard InChI is InChI=1S/C6H12N2O/c1-4-5(7-2)6(9)8-3/h4,7H,1-3H3,(H,8,9)/b5-4-. The average molecular weight is 128 g/mol. The Bertz CT molecular complexity index is 129. The minimum absolute atomic E-state index is 0.0833. The molecule has 0 aliphatic rings. The van der Waals surface area contributed by atoms with Gasteiger partial charge in [0, 0.05) is 14.1 Å². The fraction of sp³-hybridized carbons (Fsp3) is 0.500. The predicted octanol–water partition coefficient (Wildman–Crippen LogP) is -0.144. The van der Waals surface area contributed by atoms with Crippen molar-refractivity contribution in [2.75, 3.05) is 14.1 Å². The highest BCUT2D eigenvalue weighted by Gasteiger charge is 2.00. The summed E-state index contributed by atoms with van der Waals surface area (Å²) in [5.74, 6) is -0.0833. The topological polar surface area (TPSA) is 41.1 Å². The lowest BCUT2D eigenvalue weighted by Gasteiger charge is -2.01. The first-order valence-electron chi connectivity index (χ1n) is 2.82. The fourth-order valence-electron chi connectivity index (χ4n) is 0.524. The van der Waals surface area contributed by atoms with Crippen LogP contribution in [-0.2, 0) is 4.79 Å². The molecule has 1 amide bonds. The summed E-state index contributed by atoms with van der Waals surface area (Å²) in [6.45, 7) is 1.81. The number of carbonyl (C=O) groups excluding carboxylic acids is 1. The van der Waals surface area contributed by atoms with Gasteiger partial charge in [-0.25, -0.2) is 0 Å². The lowest BCUT2D eigenvalue weighted by atomic mass is 10.4. The van der Waals surface area contributed by atoms with E-state index >= 15 is 0 Å². The molecular weight excluding hydrogens is 116 g/mol. The van der Waals surface area contributed by atoms with Gasteiger partial charge >= 0.3 is 0 Å². The summed E-state index contributed by atoms with van der Waals surface area (Å²) in [6.07, 6.45) is 1.72. The molecule has 52 valence electrons. The van der Waals surface area contributed by atoms with Crippen molar-refractivity contribution in [1.29, 1.82) is 0 Å². The van der Waals surface area contributed by atoms with Gasteiger partial charge in [-0.15, -0.1) is 0 Å². The number of hydrogen-bond donors (Lipinski definition) is 2. The molecule has 0 aliphatic heterocycles. The summed E-state index contributed by atoms with van der Waals surface area (Å²) in [5.41, 5.74) is 0.595. The van der Waals surface area contributed by atoms with E-state index in [2.05, 4.69) is 10.6 Å². The van der Waals surface area contributed by atoms with Crippen LogP contribution in [0.4, 0.5) is 0 Å². The van der Waals surface area contributed by atoms with Crippen molar-refractivity contribution in [1.82, 2.24) is 10.6 Å². The number of hydrogen-bond acceptors (Lipinski definition) is 2. The molecule has 2 N–H and O–H groups in total. The van der Waals surface area contributed by atoms with Gasteiger partial charge in [-0.3, -0.25) is 4.79 Å². The lowest BCUT2D eigenvalue weighted by Crippen LogP contribution is -2.26. The minimum atomic E-state index is -0.0833. The molecule has 0 saturated carbocycles. The molecule has 0 heterocycles. The molecule has 0 radical (unpaired) electrons. The first kappa shape index (κ1) is 8.01. The largest absolute Gasteiger partial charge is 0.384 e. The SMILES string of the molecule is C/C=C(\NC)C(=O)NC. The second kappa shape index (κ2) is 3.95. The Labute approximate surface area is 55.1 Å². The van der Waals surface area contributed by atoms with Crippen molar-refractivity contribution >= 4 is 5.91 Å². The molecular formula is C6H12N2O. The second-order valence-electron chi connectivity index (χ2n) is 1.53. The van der Waals surface area contributed by atoms with E-state index in [1.807, 2.05) is 0 Å².